The Balaban J connectivity index is 0.000000493. The summed E-state index contributed by atoms with van der Waals surface area (Å²) >= 11 is 6.60. The average Bonchev–Trinajstić information content (AvgIpc) is 3.39. The topological polar surface area (TPSA) is 101 Å². The second kappa shape index (κ2) is 13.7. The maximum Gasteiger partial charge on any atom is 0.490 e. The molecule has 2 aromatic heterocycles. The van der Waals surface area contributed by atoms with Crippen molar-refractivity contribution in [1.82, 2.24) is 25.1 Å². The fourth-order valence-corrected chi connectivity index (χ4v) is 5.77. The van der Waals surface area contributed by atoms with Gasteiger partial charge in [-0.15, -0.1) is 0 Å². The van der Waals surface area contributed by atoms with E-state index < -0.39 is 12.1 Å². The molecule has 0 atom stereocenters. The number of H-pyrrole nitrogens is 1. The fourth-order valence-electron chi connectivity index (χ4n) is 5.54. The predicted octanol–water partition coefficient (Wildman–Crippen LogP) is 5.26. The van der Waals surface area contributed by atoms with E-state index in [2.05, 4.69) is 60.8 Å². The molecule has 5 rings (SSSR count). The molecule has 13 heteroatoms. The van der Waals surface area contributed by atoms with Gasteiger partial charge in [0.1, 0.15) is 12.1 Å². The first kappa shape index (κ1) is 30.8. The van der Waals surface area contributed by atoms with Crippen LogP contribution in [0.4, 0.5) is 24.7 Å². The van der Waals surface area contributed by atoms with Gasteiger partial charge in [0.05, 0.1) is 5.39 Å². The van der Waals surface area contributed by atoms with E-state index in [-0.39, 0.29) is 0 Å². The highest BCUT2D eigenvalue weighted by Gasteiger charge is 2.38. The number of nitrogens with one attached hydrogen (secondary N) is 1. The molecular formula is C28H37ClF3N7O2. The minimum absolute atomic E-state index is 0.754. The Kier molecular flexibility index (Phi) is 10.3. The number of hydrogen-bond donors (Lipinski definition) is 2. The molecule has 41 heavy (non-hydrogen) atoms. The van der Waals surface area contributed by atoms with Crippen LogP contribution in [0.5, 0.6) is 0 Å². The SMILES string of the molecule is CCc1[nH]nc2ncnc(N3CCN(c4cc(Cl)cc(CCCN5CCCCC5)c4C)CC3)c12.O=C(O)C(F)(F)F. The van der Waals surface area contributed by atoms with Crippen molar-refractivity contribution in [3.8, 4) is 0 Å². The zero-order valence-corrected chi connectivity index (χ0v) is 24.2. The van der Waals surface area contributed by atoms with Gasteiger partial charge in [-0.05, 0) is 81.9 Å². The van der Waals surface area contributed by atoms with Gasteiger partial charge in [0.15, 0.2) is 5.65 Å². The summed E-state index contributed by atoms with van der Waals surface area (Å²) in [6.07, 6.45) is 3.82. The molecule has 2 saturated heterocycles. The number of rotatable bonds is 7. The number of aryl methyl sites for hydroxylation is 2. The van der Waals surface area contributed by atoms with Crippen molar-refractivity contribution >= 4 is 40.1 Å². The van der Waals surface area contributed by atoms with Crippen molar-refractivity contribution in [3.63, 3.8) is 0 Å². The summed E-state index contributed by atoms with van der Waals surface area (Å²) in [5.74, 6) is -1.76. The van der Waals surface area contributed by atoms with Crippen molar-refractivity contribution < 1.29 is 23.1 Å². The van der Waals surface area contributed by atoms with Crippen LogP contribution in [0.25, 0.3) is 11.0 Å². The summed E-state index contributed by atoms with van der Waals surface area (Å²) < 4.78 is 31.7. The molecule has 0 radical (unpaired) electrons. The Morgan fingerprint density at radius 3 is 2.34 bits per heavy atom. The lowest BCUT2D eigenvalue weighted by Gasteiger charge is -2.38. The number of carboxylic acids is 1. The highest BCUT2D eigenvalue weighted by Crippen LogP contribution is 2.32. The summed E-state index contributed by atoms with van der Waals surface area (Å²) in [4.78, 5) is 25.4. The molecular weight excluding hydrogens is 559 g/mol. The molecule has 0 aliphatic carbocycles. The highest BCUT2D eigenvalue weighted by molar-refractivity contribution is 6.31. The zero-order chi connectivity index (χ0) is 29.6. The summed E-state index contributed by atoms with van der Waals surface area (Å²) in [7, 11) is 0. The van der Waals surface area contributed by atoms with Crippen molar-refractivity contribution in [3.05, 3.63) is 40.3 Å². The lowest BCUT2D eigenvalue weighted by molar-refractivity contribution is -0.192. The molecule has 0 unspecified atom stereocenters. The molecule has 2 aliphatic rings. The number of aromatic nitrogens is 4. The summed E-state index contributed by atoms with van der Waals surface area (Å²) in [5.41, 5.74) is 5.91. The third-order valence-corrected chi connectivity index (χ3v) is 7.96. The van der Waals surface area contributed by atoms with Gasteiger partial charge in [-0.2, -0.15) is 18.3 Å². The number of likely N-dealkylation sites (tertiary alicyclic amines) is 1. The number of anilines is 2. The average molecular weight is 596 g/mol. The summed E-state index contributed by atoms with van der Waals surface area (Å²) in [5, 5.41) is 16.5. The molecule has 9 nitrogen and oxygen atoms in total. The molecule has 224 valence electrons. The number of hydrogen-bond acceptors (Lipinski definition) is 7. The maximum atomic E-state index is 10.6. The van der Waals surface area contributed by atoms with Gasteiger partial charge in [0.2, 0.25) is 0 Å². The molecule has 0 spiro atoms. The van der Waals surface area contributed by atoms with E-state index in [1.807, 2.05) is 0 Å². The second-order valence-electron chi connectivity index (χ2n) is 10.4. The van der Waals surface area contributed by atoms with Crippen LogP contribution in [0.1, 0.15) is 49.4 Å². The van der Waals surface area contributed by atoms with Gasteiger partial charge in [-0.3, -0.25) is 5.10 Å². The number of nitrogens with zero attached hydrogens (tertiary/aromatic N) is 6. The Labute approximate surface area is 242 Å². The van der Waals surface area contributed by atoms with E-state index in [1.54, 1.807) is 6.33 Å². The van der Waals surface area contributed by atoms with Crippen LogP contribution >= 0.6 is 11.6 Å². The molecule has 2 N–H and O–H groups in total. The van der Waals surface area contributed by atoms with E-state index in [9.17, 15) is 13.2 Å². The Morgan fingerprint density at radius 1 is 1.05 bits per heavy atom. The predicted molar refractivity (Wildman–Crippen MR) is 154 cm³/mol. The van der Waals surface area contributed by atoms with Gasteiger partial charge >= 0.3 is 12.1 Å². The van der Waals surface area contributed by atoms with Crippen LogP contribution in [0, 0.1) is 6.92 Å². The Hall–Kier alpha value is -3.12. The smallest absolute Gasteiger partial charge is 0.475 e. The van der Waals surface area contributed by atoms with Crippen LogP contribution < -0.4 is 9.80 Å². The molecule has 0 amide bonds. The number of halogens is 4. The minimum atomic E-state index is -5.08. The standard InChI is InChI=1S/C26H36ClN7.C2HF3O2/c1-3-22-24-25(31-30-22)28-18-29-26(24)34-14-12-33(13-15-34)23-17-21(27)16-20(19(23)2)8-7-11-32-9-5-4-6-10-32;3-2(4,5)1(6)7/h16-18H,3-15H2,1-2H3,(H,28,29,30,31);(H,6,7). The summed E-state index contributed by atoms with van der Waals surface area (Å²) in [6.45, 7) is 11.8. The van der Waals surface area contributed by atoms with Crippen LogP contribution in [-0.2, 0) is 17.6 Å². The van der Waals surface area contributed by atoms with Gasteiger partial charge in [-0.25, -0.2) is 14.8 Å². The number of aromatic amines is 1. The molecule has 3 aromatic rings. The van der Waals surface area contributed by atoms with E-state index in [0.29, 0.717) is 0 Å². The van der Waals surface area contributed by atoms with Crippen molar-refractivity contribution in [2.24, 2.45) is 0 Å². The van der Waals surface area contributed by atoms with Gasteiger partial charge < -0.3 is 19.8 Å². The molecule has 4 heterocycles. The number of fused-ring (bicyclic) bond motifs is 1. The third kappa shape index (κ3) is 7.79. The van der Waals surface area contributed by atoms with E-state index in [1.165, 1.54) is 62.1 Å². The molecule has 1 aromatic carbocycles. The first-order valence-electron chi connectivity index (χ1n) is 14.1. The van der Waals surface area contributed by atoms with Crippen molar-refractivity contribution in [1.29, 1.82) is 0 Å². The van der Waals surface area contributed by atoms with Gasteiger partial charge in [-0.1, -0.05) is 24.9 Å². The first-order chi connectivity index (χ1) is 19.6. The number of alkyl halides is 3. The fraction of sp³-hybridized carbons (Fsp3) is 0.571. The monoisotopic (exact) mass is 595 g/mol. The van der Waals surface area contributed by atoms with Crippen LogP contribution in [-0.4, -0.2) is 88.1 Å². The number of carboxylic acid groups (broad SMARTS) is 1. The highest BCUT2D eigenvalue weighted by atomic mass is 35.5. The normalized spacial score (nSPS) is 16.5. The molecule has 0 bridgehead atoms. The Bertz CT molecular complexity index is 1320. The first-order valence-corrected chi connectivity index (χ1v) is 14.5. The number of aliphatic carboxylic acids is 1. The largest absolute Gasteiger partial charge is 0.490 e. The number of piperidine rings is 1. The quantitative estimate of drug-likeness (QED) is 0.382. The van der Waals surface area contributed by atoms with E-state index in [0.717, 1.165) is 66.6 Å². The lowest BCUT2D eigenvalue weighted by atomic mass is 10.0. The van der Waals surface area contributed by atoms with Gasteiger partial charge in [0, 0.05) is 42.6 Å². The number of benzene rings is 1. The molecule has 2 fully saturated rings. The van der Waals surface area contributed by atoms with E-state index >= 15 is 0 Å². The Morgan fingerprint density at radius 2 is 1.71 bits per heavy atom. The second-order valence-corrected chi connectivity index (χ2v) is 10.9. The van der Waals surface area contributed by atoms with Crippen LogP contribution in [0.2, 0.25) is 5.02 Å². The maximum absolute atomic E-state index is 10.6. The minimum Gasteiger partial charge on any atom is -0.475 e. The lowest BCUT2D eigenvalue weighted by Crippen LogP contribution is -2.47. The van der Waals surface area contributed by atoms with Crippen molar-refractivity contribution in [2.75, 3.05) is 55.6 Å². The molecule has 0 saturated carbocycles. The molecule has 2 aliphatic heterocycles. The summed E-state index contributed by atoms with van der Waals surface area (Å²) in [6, 6.07) is 4.32. The zero-order valence-electron chi connectivity index (χ0n) is 23.5. The van der Waals surface area contributed by atoms with Crippen LogP contribution in [0.15, 0.2) is 18.5 Å². The van der Waals surface area contributed by atoms with Gasteiger partial charge in [0.25, 0.3) is 0 Å². The van der Waals surface area contributed by atoms with Crippen LogP contribution in [0.3, 0.4) is 0 Å². The van der Waals surface area contributed by atoms with E-state index in [4.69, 9.17) is 21.5 Å². The number of carbonyl (C=O) groups is 1. The van der Waals surface area contributed by atoms with Crippen molar-refractivity contribution in [2.45, 2.75) is 58.5 Å². The third-order valence-electron chi connectivity index (χ3n) is 7.74. The number of piperazine rings is 1.